The van der Waals surface area contributed by atoms with Crippen molar-refractivity contribution in [2.75, 3.05) is 17.2 Å². The maximum atomic E-state index is 13.3. The Labute approximate surface area is 255 Å². The van der Waals surface area contributed by atoms with Crippen molar-refractivity contribution < 1.29 is 38.5 Å². The Morgan fingerprint density at radius 1 is 1.30 bits per heavy atom. The van der Waals surface area contributed by atoms with E-state index in [1.54, 1.807) is 11.0 Å². The van der Waals surface area contributed by atoms with Crippen molar-refractivity contribution in [1.29, 1.82) is 0 Å². The molecule has 2 fully saturated rings. The number of hydrogen-bond acceptors (Lipinski definition) is 10. The van der Waals surface area contributed by atoms with E-state index in [2.05, 4.69) is 15.5 Å². The molecular weight excluding hydrogens is 592 g/mol. The minimum Gasteiger partial charge on any atom is -0.477 e. The lowest BCUT2D eigenvalue weighted by Crippen LogP contribution is -2.72. The number of fused-ring (bicyclic) bond motifs is 1. The van der Waals surface area contributed by atoms with Crippen molar-refractivity contribution in [1.82, 2.24) is 15.2 Å². The fraction of sp³-hybridized carbons (Fsp3) is 0.357. The number of rotatable bonds is 9. The first-order chi connectivity index (χ1) is 20.8. The van der Waals surface area contributed by atoms with E-state index < -0.39 is 41.4 Å². The summed E-state index contributed by atoms with van der Waals surface area (Å²) in [6.45, 7) is 3.17. The maximum absolute atomic E-state index is 13.3. The number of thiazole rings is 1. The minimum atomic E-state index is -1.55. The molecule has 2 aromatic rings. The lowest BCUT2D eigenvalue weighted by molar-refractivity contribution is -0.670. The molecule has 0 spiro atoms. The number of anilines is 2. The first kappa shape index (κ1) is 30.3. The number of amides is 4. The van der Waals surface area contributed by atoms with E-state index in [-0.39, 0.29) is 34.6 Å². The van der Waals surface area contributed by atoms with E-state index in [0.717, 1.165) is 21.9 Å². The third-order valence-corrected chi connectivity index (χ3v) is 8.28. The van der Waals surface area contributed by atoms with E-state index in [1.165, 1.54) is 19.2 Å². The van der Waals surface area contributed by atoms with Crippen LogP contribution >= 0.6 is 11.3 Å². The van der Waals surface area contributed by atoms with Crippen LogP contribution < -0.4 is 26.3 Å². The van der Waals surface area contributed by atoms with Crippen molar-refractivity contribution in [3.8, 4) is 0 Å². The molecule has 3 aliphatic rings. The van der Waals surface area contributed by atoms with Gasteiger partial charge in [-0.1, -0.05) is 5.16 Å². The quantitative estimate of drug-likeness (QED) is 0.0949. The smallest absolute Gasteiger partial charge is 0.352 e. The molecule has 0 radical (unpaired) electrons. The van der Waals surface area contributed by atoms with Gasteiger partial charge in [0.1, 0.15) is 30.2 Å². The number of aliphatic carboxylic acids is 1. The van der Waals surface area contributed by atoms with Gasteiger partial charge >= 0.3 is 5.97 Å². The summed E-state index contributed by atoms with van der Waals surface area (Å²) in [4.78, 5) is 75.9. The van der Waals surface area contributed by atoms with Crippen LogP contribution in [0.15, 0.2) is 58.0 Å². The number of β-lactam (4-membered cyclic amide) rings is 1. The van der Waals surface area contributed by atoms with Gasteiger partial charge in [0.25, 0.3) is 23.6 Å². The highest BCUT2D eigenvalue weighted by Gasteiger charge is 2.53. The second-order valence-corrected chi connectivity index (χ2v) is 11.9. The Bertz CT molecular complexity index is 1680. The average Bonchev–Trinajstić information content (AvgIpc) is 3.56. The third-order valence-electron chi connectivity index (χ3n) is 7.61. The molecule has 2 atom stereocenters. The number of nitrogen functional groups attached to an aromatic ring is 1. The molecule has 5 heterocycles. The summed E-state index contributed by atoms with van der Waals surface area (Å²) < 4.78 is 1.83. The molecular formula is C28H31N8O7S+. The highest BCUT2D eigenvalue weighted by Crippen LogP contribution is 2.38. The van der Waals surface area contributed by atoms with Gasteiger partial charge in [-0.25, -0.2) is 14.3 Å². The Hall–Kier alpha value is -5.12. The zero-order valence-corrected chi connectivity index (χ0v) is 25.0. The summed E-state index contributed by atoms with van der Waals surface area (Å²) in [6.07, 6.45) is 6.26. The minimum absolute atomic E-state index is 0.0529. The molecule has 2 saturated heterocycles. The molecule has 44 heavy (non-hydrogen) atoms. The Morgan fingerprint density at radius 3 is 2.68 bits per heavy atom. The molecule has 6 N–H and O–H groups in total. The fourth-order valence-corrected chi connectivity index (χ4v) is 5.73. The highest BCUT2D eigenvalue weighted by molar-refractivity contribution is 7.13. The largest absolute Gasteiger partial charge is 0.477 e. The molecule has 0 saturated carbocycles. The summed E-state index contributed by atoms with van der Waals surface area (Å²) in [7, 11) is 1.85. The predicted octanol–water partition coefficient (Wildman–Crippen LogP) is -0.274. The number of allylic oxidation sites excluding steroid dienone is 2. The second-order valence-electron chi connectivity index (χ2n) is 11.0. The number of carbonyl (C=O) groups is 5. The lowest BCUT2D eigenvalue weighted by atomic mass is 9.82. The number of carboxylic acids is 1. The van der Waals surface area contributed by atoms with E-state index >= 15 is 0 Å². The standard InChI is InChI=1S/C28H30N8O7S/c1-28(2,26(29)42)43-33-19(17-13-44-27(30)31-17)22(37)32-20-18-7-6-14(21(25(40)41)36(18)24(20)39)11-15-8-10-35(23(15)38)16-5-4-9-34(3)12-16/h4-5,9,11-13,18,20H,6-8,10H2,1-3H3,(H5-,29,30,31,32,37,40,41,42)/p+1/b15-11+,33-19-/t18-,20+/m1/s1. The van der Waals surface area contributed by atoms with Crippen LogP contribution in [0, 0.1) is 0 Å². The number of primary amides is 1. The number of oxime groups is 1. The summed E-state index contributed by atoms with van der Waals surface area (Å²) in [6, 6.07) is 1.95. The normalized spacial score (nSPS) is 21.3. The Kier molecular flexibility index (Phi) is 7.94. The van der Waals surface area contributed by atoms with Crippen molar-refractivity contribution in [3.63, 3.8) is 0 Å². The van der Waals surface area contributed by atoms with E-state index in [0.29, 0.717) is 30.5 Å². The zero-order valence-electron chi connectivity index (χ0n) is 24.1. The summed E-state index contributed by atoms with van der Waals surface area (Å²) in [5.41, 5.74) is 10.5. The Balaban J connectivity index is 1.36. The van der Waals surface area contributed by atoms with Gasteiger partial charge in [0, 0.05) is 23.6 Å². The van der Waals surface area contributed by atoms with Gasteiger partial charge in [0.05, 0.1) is 6.04 Å². The number of pyridine rings is 1. The first-order valence-electron chi connectivity index (χ1n) is 13.6. The number of carboxylic acid groups (broad SMARTS) is 1. The predicted molar refractivity (Wildman–Crippen MR) is 157 cm³/mol. The van der Waals surface area contributed by atoms with Crippen LogP contribution in [0.1, 0.15) is 38.8 Å². The lowest BCUT2D eigenvalue weighted by Gasteiger charge is -2.50. The van der Waals surface area contributed by atoms with Crippen LogP contribution in [0.25, 0.3) is 0 Å². The summed E-state index contributed by atoms with van der Waals surface area (Å²) >= 11 is 1.04. The second kappa shape index (κ2) is 11.5. The number of hydrogen-bond donors (Lipinski definition) is 4. The van der Waals surface area contributed by atoms with Crippen molar-refractivity contribution >= 4 is 57.5 Å². The SMILES string of the molecule is C[n+]1cccc(N2CC/C(=C\C3=C(C(=O)O)N4C(=O)[C@@H](NC(=O)/C(=N\OC(C)(C)C(N)=O)c5csc(N)n5)[C@H]4CC3)C2=O)c1. The van der Waals surface area contributed by atoms with Gasteiger partial charge in [0.15, 0.2) is 23.2 Å². The van der Waals surface area contributed by atoms with Crippen LogP contribution in [-0.4, -0.2) is 74.5 Å². The fourth-order valence-electron chi connectivity index (χ4n) is 5.18. The molecule has 230 valence electrons. The number of carbonyl (C=O) groups excluding carboxylic acids is 4. The molecule has 3 aliphatic heterocycles. The van der Waals surface area contributed by atoms with Crippen molar-refractivity contribution in [3.05, 3.63) is 58.5 Å². The van der Waals surface area contributed by atoms with Crippen LogP contribution in [0.4, 0.5) is 10.8 Å². The number of nitrogens with zero attached hydrogens (tertiary/aromatic N) is 5. The average molecular weight is 624 g/mol. The summed E-state index contributed by atoms with van der Waals surface area (Å²) in [5.74, 6) is -3.85. The molecule has 16 heteroatoms. The van der Waals surface area contributed by atoms with E-state index in [4.69, 9.17) is 16.3 Å². The van der Waals surface area contributed by atoms with Gasteiger partial charge in [0.2, 0.25) is 5.60 Å². The van der Waals surface area contributed by atoms with Crippen molar-refractivity contribution in [2.24, 2.45) is 17.9 Å². The highest BCUT2D eigenvalue weighted by atomic mass is 32.1. The van der Waals surface area contributed by atoms with Crippen molar-refractivity contribution in [2.45, 2.75) is 50.8 Å². The van der Waals surface area contributed by atoms with E-state index in [1.807, 2.05) is 36.1 Å². The molecule has 5 rings (SSSR count). The first-order valence-corrected chi connectivity index (χ1v) is 14.5. The molecule has 15 nitrogen and oxygen atoms in total. The van der Waals surface area contributed by atoms with Crippen LogP contribution in [0.3, 0.4) is 0 Å². The maximum Gasteiger partial charge on any atom is 0.352 e. The van der Waals surface area contributed by atoms with Gasteiger partial charge in [-0.05, 0) is 50.8 Å². The molecule has 4 amide bonds. The van der Waals surface area contributed by atoms with Gasteiger partial charge in [-0.2, -0.15) is 0 Å². The third kappa shape index (κ3) is 5.62. The molecule has 0 aromatic carbocycles. The van der Waals surface area contributed by atoms with Gasteiger partial charge in [-0.15, -0.1) is 11.3 Å². The van der Waals surface area contributed by atoms with E-state index in [9.17, 15) is 29.1 Å². The molecule has 0 bridgehead atoms. The number of aromatic nitrogens is 2. The summed E-state index contributed by atoms with van der Waals surface area (Å²) in [5, 5.41) is 18.1. The number of nitrogens with one attached hydrogen (secondary N) is 1. The zero-order chi connectivity index (χ0) is 31.9. The number of aryl methyl sites for hydroxylation is 1. The molecule has 0 aliphatic carbocycles. The molecule has 0 unspecified atom stereocenters. The number of nitrogens with two attached hydrogens (primary N) is 2. The van der Waals surface area contributed by atoms with Gasteiger partial charge in [-0.3, -0.25) is 24.1 Å². The Morgan fingerprint density at radius 2 is 2.05 bits per heavy atom. The monoisotopic (exact) mass is 623 g/mol. The topological polar surface area (TPSA) is 214 Å². The van der Waals surface area contributed by atoms with Crippen LogP contribution in [-0.2, 0) is 35.9 Å². The van der Waals surface area contributed by atoms with Gasteiger partial charge < -0.3 is 31.6 Å². The van der Waals surface area contributed by atoms with Crippen LogP contribution in [0.2, 0.25) is 0 Å². The molecule has 2 aromatic heterocycles. The van der Waals surface area contributed by atoms with Crippen LogP contribution in [0.5, 0.6) is 0 Å².